The van der Waals surface area contributed by atoms with Gasteiger partial charge in [-0.05, 0) is 24.3 Å². The van der Waals surface area contributed by atoms with E-state index >= 15 is 0 Å². The van der Waals surface area contributed by atoms with E-state index in [-0.39, 0.29) is 17.3 Å². The van der Waals surface area contributed by atoms with E-state index in [1.165, 1.54) is 23.0 Å². The smallest absolute Gasteiger partial charge is 0.273 e. The molecule has 3 rings (SSSR count). The summed E-state index contributed by atoms with van der Waals surface area (Å²) in [7, 11) is 0. The first-order valence-electron chi connectivity index (χ1n) is 7.54. The van der Waals surface area contributed by atoms with Gasteiger partial charge in [0.05, 0.1) is 5.69 Å². The molecule has 0 aliphatic carbocycles. The van der Waals surface area contributed by atoms with Crippen molar-refractivity contribution in [1.29, 1.82) is 0 Å². The minimum absolute atomic E-state index is 0.0642. The van der Waals surface area contributed by atoms with E-state index in [1.54, 1.807) is 30.3 Å². The molecule has 3 N–H and O–H groups in total. The summed E-state index contributed by atoms with van der Waals surface area (Å²) in [5.74, 6) is -2.25. The van der Waals surface area contributed by atoms with Crippen LogP contribution in [0.5, 0.6) is 5.75 Å². The van der Waals surface area contributed by atoms with Gasteiger partial charge in [-0.1, -0.05) is 30.3 Å². The van der Waals surface area contributed by atoms with E-state index in [0.29, 0.717) is 5.69 Å². The number of anilines is 1. The number of carbonyl (C=O) groups excluding carboxylic acids is 2. The van der Waals surface area contributed by atoms with Crippen LogP contribution in [0.4, 0.5) is 10.2 Å². The van der Waals surface area contributed by atoms with Gasteiger partial charge in [0.1, 0.15) is 0 Å². The molecule has 132 valence electrons. The van der Waals surface area contributed by atoms with Crippen molar-refractivity contribution in [2.75, 3.05) is 11.9 Å². The number of primary amides is 1. The van der Waals surface area contributed by atoms with Crippen LogP contribution in [-0.2, 0) is 4.79 Å². The SMILES string of the molecule is NC(=O)c1nn(-c2ccccc2)nc1NC(=O)COc1ccccc1F. The molecule has 0 unspecified atom stereocenters. The van der Waals surface area contributed by atoms with Crippen molar-refractivity contribution in [2.45, 2.75) is 0 Å². The number of hydrogen-bond acceptors (Lipinski definition) is 5. The number of halogens is 1. The van der Waals surface area contributed by atoms with Crippen molar-refractivity contribution >= 4 is 17.6 Å². The molecule has 0 fully saturated rings. The number of nitrogens with zero attached hydrogens (tertiary/aromatic N) is 3. The highest BCUT2D eigenvalue weighted by molar-refractivity contribution is 6.00. The van der Waals surface area contributed by atoms with Gasteiger partial charge in [0, 0.05) is 0 Å². The molecule has 2 aromatic carbocycles. The Morgan fingerprint density at radius 3 is 2.46 bits per heavy atom. The molecule has 0 saturated carbocycles. The van der Waals surface area contributed by atoms with Gasteiger partial charge in [0.2, 0.25) is 0 Å². The lowest BCUT2D eigenvalue weighted by molar-refractivity contribution is -0.118. The van der Waals surface area contributed by atoms with Crippen molar-refractivity contribution in [3.63, 3.8) is 0 Å². The van der Waals surface area contributed by atoms with E-state index < -0.39 is 24.2 Å². The number of nitrogens with two attached hydrogens (primary N) is 1. The molecule has 0 radical (unpaired) electrons. The largest absolute Gasteiger partial charge is 0.481 e. The summed E-state index contributed by atoms with van der Waals surface area (Å²) in [6, 6.07) is 14.5. The molecule has 3 aromatic rings. The van der Waals surface area contributed by atoms with Crippen molar-refractivity contribution in [2.24, 2.45) is 5.73 Å². The number of para-hydroxylation sites is 2. The number of benzene rings is 2. The topological polar surface area (TPSA) is 112 Å². The predicted molar refractivity (Wildman–Crippen MR) is 90.4 cm³/mol. The number of rotatable bonds is 6. The second-order valence-corrected chi connectivity index (χ2v) is 5.15. The summed E-state index contributed by atoms with van der Waals surface area (Å²) in [5, 5.41) is 10.4. The normalized spacial score (nSPS) is 10.3. The van der Waals surface area contributed by atoms with Crippen LogP contribution in [0.25, 0.3) is 5.69 Å². The zero-order valence-electron chi connectivity index (χ0n) is 13.4. The molecule has 0 spiro atoms. The molecule has 8 nitrogen and oxygen atoms in total. The molecule has 0 aliphatic rings. The second-order valence-electron chi connectivity index (χ2n) is 5.15. The van der Waals surface area contributed by atoms with Crippen LogP contribution >= 0.6 is 0 Å². The van der Waals surface area contributed by atoms with Crippen molar-refractivity contribution in [3.8, 4) is 11.4 Å². The molecule has 0 aliphatic heterocycles. The third-order valence-electron chi connectivity index (χ3n) is 3.29. The van der Waals surface area contributed by atoms with E-state index in [0.717, 1.165) is 0 Å². The Morgan fingerprint density at radius 1 is 1.08 bits per heavy atom. The van der Waals surface area contributed by atoms with Crippen LogP contribution in [0.15, 0.2) is 54.6 Å². The van der Waals surface area contributed by atoms with Gasteiger partial charge >= 0.3 is 0 Å². The standard InChI is InChI=1S/C17H14FN5O3/c18-12-8-4-5-9-13(12)26-10-14(24)20-17-15(16(19)25)21-23(22-17)11-6-2-1-3-7-11/h1-9H,10H2,(H2,19,25)(H,20,22,24). The first kappa shape index (κ1) is 17.1. The molecular formula is C17H14FN5O3. The highest BCUT2D eigenvalue weighted by Gasteiger charge is 2.19. The molecule has 0 bridgehead atoms. The van der Waals surface area contributed by atoms with Crippen LogP contribution in [0.2, 0.25) is 0 Å². The number of ether oxygens (including phenoxy) is 1. The average molecular weight is 355 g/mol. The third kappa shape index (κ3) is 3.83. The molecule has 26 heavy (non-hydrogen) atoms. The molecule has 9 heteroatoms. The lowest BCUT2D eigenvalue weighted by Crippen LogP contribution is -2.23. The van der Waals surface area contributed by atoms with Gasteiger partial charge in [0.25, 0.3) is 11.8 Å². The van der Waals surface area contributed by atoms with Crippen LogP contribution < -0.4 is 15.8 Å². The molecule has 0 saturated heterocycles. The first-order valence-corrected chi connectivity index (χ1v) is 7.54. The first-order chi connectivity index (χ1) is 12.5. The Hall–Kier alpha value is -3.75. The summed E-state index contributed by atoms with van der Waals surface area (Å²) in [5.41, 5.74) is 5.66. The zero-order valence-corrected chi connectivity index (χ0v) is 13.4. The fourth-order valence-corrected chi connectivity index (χ4v) is 2.11. The molecule has 1 aromatic heterocycles. The van der Waals surface area contributed by atoms with Gasteiger partial charge in [-0.15, -0.1) is 15.0 Å². The summed E-state index contributed by atoms with van der Waals surface area (Å²) in [6.07, 6.45) is 0. The summed E-state index contributed by atoms with van der Waals surface area (Å²) < 4.78 is 18.6. The van der Waals surface area contributed by atoms with E-state index in [4.69, 9.17) is 10.5 Å². The summed E-state index contributed by atoms with van der Waals surface area (Å²) in [6.45, 7) is -0.475. The van der Waals surface area contributed by atoms with Crippen molar-refractivity contribution in [1.82, 2.24) is 15.0 Å². The molecular weight excluding hydrogens is 341 g/mol. The van der Waals surface area contributed by atoms with Crippen LogP contribution in [0.1, 0.15) is 10.5 Å². The monoisotopic (exact) mass is 355 g/mol. The van der Waals surface area contributed by atoms with Gasteiger partial charge in [-0.3, -0.25) is 9.59 Å². The van der Waals surface area contributed by atoms with E-state index in [2.05, 4.69) is 15.5 Å². The molecule has 1 heterocycles. The number of amides is 2. The van der Waals surface area contributed by atoms with Crippen LogP contribution in [-0.4, -0.2) is 33.4 Å². The molecule has 2 amide bonds. The maximum atomic E-state index is 13.5. The minimum Gasteiger partial charge on any atom is -0.481 e. The fourth-order valence-electron chi connectivity index (χ4n) is 2.11. The van der Waals surface area contributed by atoms with Crippen molar-refractivity contribution in [3.05, 3.63) is 66.1 Å². The van der Waals surface area contributed by atoms with Crippen molar-refractivity contribution < 1.29 is 18.7 Å². The van der Waals surface area contributed by atoms with Gasteiger partial charge in [-0.2, -0.15) is 0 Å². The Bertz CT molecular complexity index is 943. The van der Waals surface area contributed by atoms with E-state index in [1.807, 2.05) is 6.07 Å². The van der Waals surface area contributed by atoms with Crippen LogP contribution in [0, 0.1) is 5.82 Å². The number of nitrogens with one attached hydrogen (secondary N) is 1. The Labute approximate surface area is 147 Å². The Kier molecular flexibility index (Phi) is 4.88. The van der Waals surface area contributed by atoms with Gasteiger partial charge < -0.3 is 15.8 Å². The maximum absolute atomic E-state index is 13.5. The fraction of sp³-hybridized carbons (Fsp3) is 0.0588. The lowest BCUT2D eigenvalue weighted by Gasteiger charge is -2.06. The molecule has 0 atom stereocenters. The van der Waals surface area contributed by atoms with E-state index in [9.17, 15) is 14.0 Å². The van der Waals surface area contributed by atoms with Gasteiger partial charge in [0.15, 0.2) is 29.7 Å². The lowest BCUT2D eigenvalue weighted by atomic mass is 10.3. The highest BCUT2D eigenvalue weighted by Crippen LogP contribution is 2.16. The zero-order chi connectivity index (χ0) is 18.5. The highest BCUT2D eigenvalue weighted by atomic mass is 19.1. The number of aromatic nitrogens is 3. The number of hydrogen-bond donors (Lipinski definition) is 2. The van der Waals surface area contributed by atoms with Gasteiger partial charge in [-0.25, -0.2) is 4.39 Å². The predicted octanol–water partition coefficient (Wildman–Crippen LogP) is 1.52. The summed E-state index contributed by atoms with van der Waals surface area (Å²) >= 11 is 0. The van der Waals surface area contributed by atoms with Crippen LogP contribution in [0.3, 0.4) is 0 Å². The summed E-state index contributed by atoms with van der Waals surface area (Å²) in [4.78, 5) is 24.8. The quantitative estimate of drug-likeness (QED) is 0.696. The minimum atomic E-state index is -0.850. The Morgan fingerprint density at radius 2 is 1.77 bits per heavy atom. The number of carbonyl (C=O) groups is 2. The average Bonchev–Trinajstić information content (AvgIpc) is 3.06. The maximum Gasteiger partial charge on any atom is 0.273 e. The third-order valence-corrected chi connectivity index (χ3v) is 3.29. The second kappa shape index (κ2) is 7.43. The Balaban J connectivity index is 1.74.